The number of hydrogen-bond acceptors (Lipinski definition) is 7. The Kier molecular flexibility index (Phi) is 3.91. The second-order valence-corrected chi connectivity index (χ2v) is 5.42. The standard InChI is InChI=1S/C14H11N5O3S/c1-2-18-6-10(5-15)13(20)19(14(18)21)7-11-16-12(17-22-11)9-3-4-23-8-9/h3-4,6,8H,2,7H2,1H3. The Balaban J connectivity index is 2.02. The third kappa shape index (κ3) is 2.72. The molecular weight excluding hydrogens is 318 g/mol. The van der Waals surface area contributed by atoms with E-state index in [9.17, 15) is 9.59 Å². The molecule has 3 aromatic heterocycles. The number of thiophene rings is 1. The lowest BCUT2D eigenvalue weighted by molar-refractivity contribution is 0.365. The summed E-state index contributed by atoms with van der Waals surface area (Å²) < 4.78 is 7.31. The van der Waals surface area contributed by atoms with Crippen molar-refractivity contribution in [3.63, 3.8) is 0 Å². The normalized spacial score (nSPS) is 10.6. The molecule has 23 heavy (non-hydrogen) atoms. The molecule has 0 amide bonds. The molecule has 0 fully saturated rings. The lowest BCUT2D eigenvalue weighted by Gasteiger charge is -2.07. The summed E-state index contributed by atoms with van der Waals surface area (Å²) in [5.74, 6) is 0.518. The van der Waals surface area contributed by atoms with Crippen molar-refractivity contribution in [3.05, 3.63) is 55.3 Å². The predicted molar refractivity (Wildman–Crippen MR) is 82.1 cm³/mol. The van der Waals surface area contributed by atoms with Crippen molar-refractivity contribution in [2.45, 2.75) is 20.0 Å². The lowest BCUT2D eigenvalue weighted by Crippen LogP contribution is -2.41. The molecule has 0 aliphatic heterocycles. The molecule has 0 aliphatic carbocycles. The molecule has 9 heteroatoms. The van der Waals surface area contributed by atoms with Crippen molar-refractivity contribution in [3.8, 4) is 17.5 Å². The Hall–Kier alpha value is -2.99. The molecule has 8 nitrogen and oxygen atoms in total. The first-order valence-corrected chi connectivity index (χ1v) is 7.68. The Bertz CT molecular complexity index is 991. The summed E-state index contributed by atoms with van der Waals surface area (Å²) in [4.78, 5) is 28.6. The summed E-state index contributed by atoms with van der Waals surface area (Å²) in [7, 11) is 0. The molecule has 3 rings (SSSR count). The molecule has 0 spiro atoms. The van der Waals surface area contributed by atoms with E-state index in [-0.39, 0.29) is 18.0 Å². The first-order chi connectivity index (χ1) is 11.1. The van der Waals surface area contributed by atoms with E-state index < -0.39 is 11.2 Å². The van der Waals surface area contributed by atoms with Crippen LogP contribution in [0.4, 0.5) is 0 Å². The van der Waals surface area contributed by atoms with Crippen LogP contribution in [0.2, 0.25) is 0 Å². The number of nitrogens with zero attached hydrogens (tertiary/aromatic N) is 5. The molecule has 0 radical (unpaired) electrons. The minimum Gasteiger partial charge on any atom is -0.337 e. The second-order valence-electron chi connectivity index (χ2n) is 4.64. The van der Waals surface area contributed by atoms with Crippen LogP contribution in [-0.2, 0) is 13.1 Å². The molecular formula is C14H11N5O3S. The van der Waals surface area contributed by atoms with Crippen molar-refractivity contribution in [1.29, 1.82) is 5.26 Å². The number of aryl methyl sites for hydroxylation is 1. The quantitative estimate of drug-likeness (QED) is 0.708. The molecule has 0 aliphatic rings. The number of hydrogen-bond donors (Lipinski definition) is 0. The van der Waals surface area contributed by atoms with Crippen LogP contribution in [-0.4, -0.2) is 19.3 Å². The van der Waals surface area contributed by atoms with Crippen LogP contribution in [0.3, 0.4) is 0 Å². The fourth-order valence-corrected chi connectivity index (χ4v) is 2.69. The van der Waals surface area contributed by atoms with Gasteiger partial charge in [-0.15, -0.1) is 0 Å². The summed E-state index contributed by atoms with van der Waals surface area (Å²) in [5, 5.41) is 16.6. The Morgan fingerprint density at radius 3 is 2.91 bits per heavy atom. The highest BCUT2D eigenvalue weighted by atomic mass is 32.1. The van der Waals surface area contributed by atoms with Crippen molar-refractivity contribution in [1.82, 2.24) is 19.3 Å². The van der Waals surface area contributed by atoms with E-state index in [1.165, 1.54) is 22.1 Å². The number of aromatic nitrogens is 4. The summed E-state index contributed by atoms with van der Waals surface area (Å²) in [6, 6.07) is 3.63. The minimum atomic E-state index is -0.669. The monoisotopic (exact) mass is 329 g/mol. The first-order valence-electron chi connectivity index (χ1n) is 6.73. The van der Waals surface area contributed by atoms with Gasteiger partial charge in [0, 0.05) is 23.7 Å². The topological polar surface area (TPSA) is 107 Å². The zero-order valence-corrected chi connectivity index (χ0v) is 12.9. The van der Waals surface area contributed by atoms with Gasteiger partial charge in [0.15, 0.2) is 0 Å². The smallest absolute Gasteiger partial charge is 0.331 e. The maximum Gasteiger partial charge on any atom is 0.331 e. The summed E-state index contributed by atoms with van der Waals surface area (Å²) in [6.07, 6.45) is 1.26. The van der Waals surface area contributed by atoms with Crippen molar-refractivity contribution < 1.29 is 4.52 Å². The van der Waals surface area contributed by atoms with Gasteiger partial charge in [0.05, 0.1) is 0 Å². The van der Waals surface area contributed by atoms with Gasteiger partial charge in [-0.3, -0.25) is 9.36 Å². The van der Waals surface area contributed by atoms with E-state index >= 15 is 0 Å². The average Bonchev–Trinajstić information content (AvgIpc) is 3.23. The van der Waals surface area contributed by atoms with Crippen molar-refractivity contribution >= 4 is 11.3 Å². The molecule has 0 unspecified atom stereocenters. The fourth-order valence-electron chi connectivity index (χ4n) is 2.06. The maximum absolute atomic E-state index is 12.3. The van der Waals surface area contributed by atoms with E-state index in [0.717, 1.165) is 10.1 Å². The van der Waals surface area contributed by atoms with Crippen LogP contribution in [0.25, 0.3) is 11.4 Å². The molecule has 116 valence electrons. The third-order valence-electron chi connectivity index (χ3n) is 3.24. The van der Waals surface area contributed by atoms with Crippen LogP contribution in [0.15, 0.2) is 37.1 Å². The zero-order valence-electron chi connectivity index (χ0n) is 12.1. The molecule has 0 aromatic carbocycles. The molecule has 0 bridgehead atoms. The number of rotatable bonds is 4. The van der Waals surface area contributed by atoms with Gasteiger partial charge in [-0.1, -0.05) is 5.16 Å². The number of nitriles is 1. The highest BCUT2D eigenvalue weighted by Gasteiger charge is 2.15. The van der Waals surface area contributed by atoms with Gasteiger partial charge in [0.25, 0.3) is 5.56 Å². The average molecular weight is 329 g/mol. The predicted octanol–water partition coefficient (Wildman–Crippen LogP) is 1.06. The van der Waals surface area contributed by atoms with Crippen LogP contribution in [0.1, 0.15) is 18.4 Å². The van der Waals surface area contributed by atoms with Crippen molar-refractivity contribution in [2.24, 2.45) is 0 Å². The van der Waals surface area contributed by atoms with E-state index in [4.69, 9.17) is 9.78 Å². The van der Waals surface area contributed by atoms with Gasteiger partial charge in [-0.2, -0.15) is 21.6 Å². The Morgan fingerprint density at radius 2 is 2.26 bits per heavy atom. The minimum absolute atomic E-state index is 0.107. The van der Waals surface area contributed by atoms with Crippen molar-refractivity contribution in [2.75, 3.05) is 0 Å². The highest BCUT2D eigenvalue weighted by molar-refractivity contribution is 7.08. The Labute approximate surface area is 133 Å². The van der Waals surface area contributed by atoms with Crippen LogP contribution in [0.5, 0.6) is 0 Å². The van der Waals surface area contributed by atoms with Gasteiger partial charge in [0.1, 0.15) is 18.2 Å². The van der Waals surface area contributed by atoms with Gasteiger partial charge in [-0.05, 0) is 18.4 Å². The fraction of sp³-hybridized carbons (Fsp3) is 0.214. The molecule has 0 atom stereocenters. The van der Waals surface area contributed by atoms with Gasteiger partial charge in [-0.25, -0.2) is 9.36 Å². The van der Waals surface area contributed by atoms with Crippen LogP contribution < -0.4 is 11.2 Å². The lowest BCUT2D eigenvalue weighted by atomic mass is 10.3. The zero-order chi connectivity index (χ0) is 16.4. The van der Waals surface area contributed by atoms with Crippen LogP contribution in [0, 0.1) is 11.3 Å². The van der Waals surface area contributed by atoms with E-state index in [1.54, 1.807) is 13.0 Å². The highest BCUT2D eigenvalue weighted by Crippen LogP contribution is 2.18. The Morgan fingerprint density at radius 1 is 1.43 bits per heavy atom. The molecule has 0 saturated carbocycles. The largest absolute Gasteiger partial charge is 0.337 e. The molecule has 0 saturated heterocycles. The molecule has 3 heterocycles. The van der Waals surface area contributed by atoms with E-state index in [1.807, 2.05) is 16.8 Å². The van der Waals surface area contributed by atoms with Gasteiger partial charge in [0.2, 0.25) is 11.7 Å². The summed E-state index contributed by atoms with van der Waals surface area (Å²) in [5.41, 5.74) is -0.498. The third-order valence-corrected chi connectivity index (χ3v) is 3.92. The second kappa shape index (κ2) is 6.02. The molecule has 3 aromatic rings. The van der Waals surface area contributed by atoms with Gasteiger partial charge < -0.3 is 4.52 Å². The first kappa shape index (κ1) is 14.9. The summed E-state index contributed by atoms with van der Waals surface area (Å²) in [6.45, 7) is 1.92. The SMILES string of the molecule is CCn1cc(C#N)c(=O)n(Cc2nc(-c3ccsc3)no2)c1=O. The van der Waals surface area contributed by atoms with E-state index in [0.29, 0.717) is 12.4 Å². The van der Waals surface area contributed by atoms with E-state index in [2.05, 4.69) is 10.1 Å². The van der Waals surface area contributed by atoms with Crippen LogP contribution >= 0.6 is 11.3 Å². The summed E-state index contributed by atoms with van der Waals surface area (Å²) >= 11 is 1.50. The maximum atomic E-state index is 12.3. The van der Waals surface area contributed by atoms with Gasteiger partial charge >= 0.3 is 5.69 Å². The molecule has 0 N–H and O–H groups in total.